The summed E-state index contributed by atoms with van der Waals surface area (Å²) >= 11 is 0. The van der Waals surface area contributed by atoms with Crippen molar-refractivity contribution in [3.05, 3.63) is 54.4 Å². The number of likely N-dealkylation sites (N-methyl/N-ethyl adjacent to an activating group) is 1. The summed E-state index contributed by atoms with van der Waals surface area (Å²) < 4.78 is 0. The molecule has 0 aliphatic heterocycles. The van der Waals surface area contributed by atoms with Gasteiger partial charge in [0.2, 0.25) is 5.91 Å². The van der Waals surface area contributed by atoms with Gasteiger partial charge in [-0.25, -0.2) is 0 Å². The van der Waals surface area contributed by atoms with Crippen LogP contribution >= 0.6 is 0 Å². The molecule has 0 bridgehead atoms. The SMILES string of the molecule is CN(C(=O)Cc1cccc(N)c1)c1cccnc1. The predicted octanol–water partition coefficient (Wildman–Crippen LogP) is 1.87. The topological polar surface area (TPSA) is 59.2 Å². The van der Waals surface area contributed by atoms with Gasteiger partial charge < -0.3 is 10.6 Å². The summed E-state index contributed by atoms with van der Waals surface area (Å²) in [4.78, 5) is 17.7. The molecule has 92 valence electrons. The number of nitrogens with zero attached hydrogens (tertiary/aromatic N) is 2. The fourth-order valence-corrected chi connectivity index (χ4v) is 1.69. The molecule has 0 saturated heterocycles. The molecule has 2 N–H and O–H groups in total. The molecule has 0 unspecified atom stereocenters. The van der Waals surface area contributed by atoms with E-state index in [1.807, 2.05) is 24.3 Å². The maximum absolute atomic E-state index is 12.1. The van der Waals surface area contributed by atoms with Crippen molar-refractivity contribution in [1.82, 2.24) is 4.98 Å². The van der Waals surface area contributed by atoms with Crippen molar-refractivity contribution in [2.75, 3.05) is 17.7 Å². The number of amides is 1. The summed E-state index contributed by atoms with van der Waals surface area (Å²) in [6, 6.07) is 11.0. The maximum atomic E-state index is 12.1. The van der Waals surface area contributed by atoms with Crippen molar-refractivity contribution in [3.8, 4) is 0 Å². The van der Waals surface area contributed by atoms with Gasteiger partial charge in [0.05, 0.1) is 18.3 Å². The van der Waals surface area contributed by atoms with E-state index >= 15 is 0 Å². The minimum absolute atomic E-state index is 0.00796. The minimum atomic E-state index is 0.00796. The molecule has 0 radical (unpaired) electrons. The van der Waals surface area contributed by atoms with Gasteiger partial charge in [-0.1, -0.05) is 12.1 Å². The van der Waals surface area contributed by atoms with Gasteiger partial charge in [0.15, 0.2) is 0 Å². The van der Waals surface area contributed by atoms with E-state index in [0.717, 1.165) is 11.3 Å². The third-order valence-electron chi connectivity index (χ3n) is 2.71. The summed E-state index contributed by atoms with van der Waals surface area (Å²) in [5.41, 5.74) is 8.05. The van der Waals surface area contributed by atoms with E-state index in [4.69, 9.17) is 5.73 Å². The zero-order valence-electron chi connectivity index (χ0n) is 10.2. The van der Waals surface area contributed by atoms with Crippen LogP contribution in [0.2, 0.25) is 0 Å². The third-order valence-corrected chi connectivity index (χ3v) is 2.71. The number of hydrogen-bond acceptors (Lipinski definition) is 3. The highest BCUT2D eigenvalue weighted by Gasteiger charge is 2.11. The van der Waals surface area contributed by atoms with Crippen LogP contribution in [0.5, 0.6) is 0 Å². The fraction of sp³-hybridized carbons (Fsp3) is 0.143. The van der Waals surface area contributed by atoms with Crippen LogP contribution in [0.3, 0.4) is 0 Å². The van der Waals surface area contributed by atoms with Gasteiger partial charge in [-0.2, -0.15) is 0 Å². The standard InChI is InChI=1S/C14H15N3O/c1-17(13-6-3-7-16-10-13)14(18)9-11-4-2-5-12(15)8-11/h2-8,10H,9,15H2,1H3. The van der Waals surface area contributed by atoms with E-state index in [2.05, 4.69) is 4.98 Å². The van der Waals surface area contributed by atoms with Gasteiger partial charge in [-0.3, -0.25) is 9.78 Å². The molecule has 0 saturated carbocycles. The molecule has 0 atom stereocenters. The van der Waals surface area contributed by atoms with Crippen molar-refractivity contribution in [1.29, 1.82) is 0 Å². The summed E-state index contributed by atoms with van der Waals surface area (Å²) in [5, 5.41) is 0. The number of benzene rings is 1. The molecule has 18 heavy (non-hydrogen) atoms. The van der Waals surface area contributed by atoms with E-state index in [1.165, 1.54) is 0 Å². The van der Waals surface area contributed by atoms with Crippen LogP contribution in [0.15, 0.2) is 48.8 Å². The molecule has 0 fully saturated rings. The fourth-order valence-electron chi connectivity index (χ4n) is 1.69. The van der Waals surface area contributed by atoms with Crippen LogP contribution in [-0.4, -0.2) is 17.9 Å². The summed E-state index contributed by atoms with van der Waals surface area (Å²) in [5.74, 6) is 0.00796. The molecule has 4 nitrogen and oxygen atoms in total. The third kappa shape index (κ3) is 2.85. The zero-order chi connectivity index (χ0) is 13.0. The van der Waals surface area contributed by atoms with Crippen LogP contribution in [0, 0.1) is 0 Å². The molecule has 0 spiro atoms. The van der Waals surface area contributed by atoms with E-state index in [-0.39, 0.29) is 5.91 Å². The average Bonchev–Trinajstić information content (AvgIpc) is 2.39. The quantitative estimate of drug-likeness (QED) is 0.834. The number of nitrogens with two attached hydrogens (primary N) is 1. The Labute approximate surface area is 106 Å². The second-order valence-corrected chi connectivity index (χ2v) is 4.09. The molecule has 0 aliphatic carbocycles. The molecule has 4 heteroatoms. The number of carbonyl (C=O) groups excluding carboxylic acids is 1. The Balaban J connectivity index is 2.09. The predicted molar refractivity (Wildman–Crippen MR) is 72.2 cm³/mol. The Kier molecular flexibility index (Phi) is 3.57. The highest BCUT2D eigenvalue weighted by atomic mass is 16.2. The van der Waals surface area contributed by atoms with Crippen LogP contribution in [-0.2, 0) is 11.2 Å². The van der Waals surface area contributed by atoms with Gasteiger partial charge >= 0.3 is 0 Å². The number of aromatic nitrogens is 1. The van der Waals surface area contributed by atoms with Gasteiger partial charge in [0, 0.05) is 18.9 Å². The normalized spacial score (nSPS) is 10.1. The van der Waals surface area contributed by atoms with Gasteiger partial charge in [-0.05, 0) is 29.8 Å². The average molecular weight is 241 g/mol. The van der Waals surface area contributed by atoms with Crippen molar-refractivity contribution in [2.24, 2.45) is 0 Å². The largest absolute Gasteiger partial charge is 0.399 e. The van der Waals surface area contributed by atoms with Gasteiger partial charge in [-0.15, -0.1) is 0 Å². The first-order chi connectivity index (χ1) is 8.66. The number of pyridine rings is 1. The first kappa shape index (κ1) is 12.1. The molecule has 2 aromatic rings. The first-order valence-corrected chi connectivity index (χ1v) is 5.68. The summed E-state index contributed by atoms with van der Waals surface area (Å²) in [6.07, 6.45) is 3.67. The minimum Gasteiger partial charge on any atom is -0.399 e. The number of hydrogen-bond donors (Lipinski definition) is 1. The van der Waals surface area contributed by atoms with Crippen LogP contribution in [0.4, 0.5) is 11.4 Å². The lowest BCUT2D eigenvalue weighted by atomic mass is 10.1. The molecular weight excluding hydrogens is 226 g/mol. The zero-order valence-corrected chi connectivity index (χ0v) is 10.2. The number of carbonyl (C=O) groups is 1. The lowest BCUT2D eigenvalue weighted by Crippen LogP contribution is -2.27. The molecule has 1 amide bonds. The Hall–Kier alpha value is -2.36. The van der Waals surface area contributed by atoms with Crippen molar-refractivity contribution in [2.45, 2.75) is 6.42 Å². The Morgan fingerprint density at radius 1 is 1.33 bits per heavy atom. The van der Waals surface area contributed by atoms with E-state index in [9.17, 15) is 4.79 Å². The number of nitrogen functional groups attached to an aromatic ring is 1. The van der Waals surface area contributed by atoms with E-state index < -0.39 is 0 Å². The van der Waals surface area contributed by atoms with E-state index in [1.54, 1.807) is 36.5 Å². The van der Waals surface area contributed by atoms with Crippen LogP contribution in [0.25, 0.3) is 0 Å². The van der Waals surface area contributed by atoms with Crippen LogP contribution < -0.4 is 10.6 Å². The molecule has 1 aromatic heterocycles. The Morgan fingerprint density at radius 3 is 2.83 bits per heavy atom. The Morgan fingerprint density at radius 2 is 2.17 bits per heavy atom. The van der Waals surface area contributed by atoms with Gasteiger partial charge in [0.25, 0.3) is 0 Å². The number of anilines is 2. The molecule has 2 rings (SSSR count). The lowest BCUT2D eigenvalue weighted by Gasteiger charge is -2.16. The molecule has 1 aromatic carbocycles. The molecule has 1 heterocycles. The lowest BCUT2D eigenvalue weighted by molar-refractivity contribution is -0.117. The highest BCUT2D eigenvalue weighted by Crippen LogP contribution is 2.13. The number of rotatable bonds is 3. The second-order valence-electron chi connectivity index (χ2n) is 4.09. The van der Waals surface area contributed by atoms with Crippen LogP contribution in [0.1, 0.15) is 5.56 Å². The second kappa shape index (κ2) is 5.31. The maximum Gasteiger partial charge on any atom is 0.231 e. The first-order valence-electron chi connectivity index (χ1n) is 5.68. The van der Waals surface area contributed by atoms with Crippen molar-refractivity contribution < 1.29 is 4.79 Å². The van der Waals surface area contributed by atoms with E-state index in [0.29, 0.717) is 12.1 Å². The van der Waals surface area contributed by atoms with Crippen molar-refractivity contribution >= 4 is 17.3 Å². The summed E-state index contributed by atoms with van der Waals surface area (Å²) in [6.45, 7) is 0. The molecular formula is C14H15N3O. The van der Waals surface area contributed by atoms with Crippen molar-refractivity contribution in [3.63, 3.8) is 0 Å². The van der Waals surface area contributed by atoms with Gasteiger partial charge in [0.1, 0.15) is 0 Å². The Bertz CT molecular complexity index is 540. The molecule has 0 aliphatic rings. The smallest absolute Gasteiger partial charge is 0.231 e. The summed E-state index contributed by atoms with van der Waals surface area (Å²) in [7, 11) is 1.74. The highest BCUT2D eigenvalue weighted by molar-refractivity contribution is 5.94. The monoisotopic (exact) mass is 241 g/mol.